The number of ether oxygens (including phenoxy) is 1. The Morgan fingerprint density at radius 2 is 2.06 bits per heavy atom. The van der Waals surface area contributed by atoms with Gasteiger partial charge >= 0.3 is 16.3 Å². The minimum atomic E-state index is -3.80. The zero-order chi connectivity index (χ0) is 12.6. The molecule has 0 bridgehead atoms. The highest BCUT2D eigenvalue weighted by Gasteiger charge is 2.14. The van der Waals surface area contributed by atoms with Crippen molar-refractivity contribution in [3.05, 3.63) is 0 Å². The molecule has 2 N–H and O–H groups in total. The molecular weight excluding hydrogens is 300 g/mol. The molecule has 0 heterocycles. The number of halogens is 1. The molecule has 96 valence electrons. The largest absolute Gasteiger partial charge is 0.449 e. The number of carbonyl (C=O) groups excluding carboxylic acids is 1. The molecule has 0 fully saturated rings. The Bertz CT molecular complexity index is 307. The maximum atomic E-state index is 11.2. The fourth-order valence-corrected chi connectivity index (χ4v) is 1.83. The molecule has 1 amide bonds. The summed E-state index contributed by atoms with van der Waals surface area (Å²) in [4.78, 5) is 11.1. The van der Waals surface area contributed by atoms with Gasteiger partial charge in [-0.15, -0.1) is 0 Å². The van der Waals surface area contributed by atoms with Crippen LogP contribution in [0.2, 0.25) is 0 Å². The quantitative estimate of drug-likeness (QED) is 0.690. The Labute approximate surface area is 104 Å². The van der Waals surface area contributed by atoms with Crippen molar-refractivity contribution in [2.24, 2.45) is 0 Å². The third kappa shape index (κ3) is 7.89. The Kier molecular flexibility index (Phi) is 7.69. The Balaban J connectivity index is 3.92. The van der Waals surface area contributed by atoms with E-state index in [0.29, 0.717) is 6.42 Å². The highest BCUT2D eigenvalue weighted by Crippen LogP contribution is 2.07. The maximum absolute atomic E-state index is 11.2. The zero-order valence-corrected chi connectivity index (χ0v) is 11.7. The molecule has 0 radical (unpaired) electrons. The number of carbonyl (C=O) groups is 1. The van der Waals surface area contributed by atoms with Gasteiger partial charge < -0.3 is 4.74 Å². The van der Waals surface area contributed by atoms with Gasteiger partial charge in [0.25, 0.3) is 0 Å². The maximum Gasteiger partial charge on any atom is 0.421 e. The van der Waals surface area contributed by atoms with Crippen LogP contribution in [0, 0.1) is 0 Å². The third-order valence-corrected chi connectivity index (χ3v) is 3.81. The molecular formula is C8H17BrN2O4S. The van der Waals surface area contributed by atoms with E-state index in [9.17, 15) is 13.2 Å². The summed E-state index contributed by atoms with van der Waals surface area (Å²) in [5.74, 6) is 0. The van der Waals surface area contributed by atoms with Crippen molar-refractivity contribution in [3.63, 3.8) is 0 Å². The predicted molar refractivity (Wildman–Crippen MR) is 64.7 cm³/mol. The fraction of sp³-hybridized carbons (Fsp3) is 0.875. The summed E-state index contributed by atoms with van der Waals surface area (Å²) in [5.41, 5.74) is 0. The smallest absolute Gasteiger partial charge is 0.421 e. The molecule has 0 spiro atoms. The van der Waals surface area contributed by atoms with Gasteiger partial charge in [0.2, 0.25) is 0 Å². The van der Waals surface area contributed by atoms with Crippen LogP contribution in [0.5, 0.6) is 0 Å². The second-order valence-corrected chi connectivity index (χ2v) is 5.81. The summed E-state index contributed by atoms with van der Waals surface area (Å²) in [6.07, 6.45) is 0.591. The van der Waals surface area contributed by atoms with Crippen molar-refractivity contribution in [2.45, 2.75) is 31.5 Å². The van der Waals surface area contributed by atoms with Gasteiger partial charge in [-0.3, -0.25) is 0 Å². The molecule has 0 aliphatic heterocycles. The van der Waals surface area contributed by atoms with Gasteiger partial charge in [-0.2, -0.15) is 13.1 Å². The second kappa shape index (κ2) is 7.86. The van der Waals surface area contributed by atoms with Crippen molar-refractivity contribution in [1.29, 1.82) is 0 Å². The number of hydrogen-bond acceptors (Lipinski definition) is 4. The lowest BCUT2D eigenvalue weighted by Gasteiger charge is -2.09. The van der Waals surface area contributed by atoms with Crippen LogP contribution in [0.15, 0.2) is 0 Å². The van der Waals surface area contributed by atoms with Gasteiger partial charge in [0.15, 0.2) is 0 Å². The van der Waals surface area contributed by atoms with E-state index in [-0.39, 0.29) is 18.0 Å². The summed E-state index contributed by atoms with van der Waals surface area (Å²) in [5, 5.41) is 0. The van der Waals surface area contributed by atoms with Crippen molar-refractivity contribution in [3.8, 4) is 0 Å². The molecule has 0 rings (SSSR count). The van der Waals surface area contributed by atoms with E-state index in [2.05, 4.69) is 25.4 Å². The topological polar surface area (TPSA) is 84.5 Å². The van der Waals surface area contributed by atoms with Crippen molar-refractivity contribution in [1.82, 2.24) is 9.44 Å². The lowest BCUT2D eigenvalue weighted by atomic mass is 10.2. The molecule has 0 aromatic carbocycles. The number of rotatable bonds is 7. The highest BCUT2D eigenvalue weighted by atomic mass is 79.9. The first-order chi connectivity index (χ1) is 7.41. The van der Waals surface area contributed by atoms with Gasteiger partial charge in [0.05, 0.1) is 6.61 Å². The standard InChI is InChI=1S/C8H17BrN2O4S/c1-3-7(9)5-6-10-16(13,14)11-8(12)15-4-2/h7,10H,3-6H2,1-2H3,(H,11,12). The van der Waals surface area contributed by atoms with Gasteiger partial charge in [-0.25, -0.2) is 9.52 Å². The van der Waals surface area contributed by atoms with Crippen molar-refractivity contribution < 1.29 is 17.9 Å². The molecule has 6 nitrogen and oxygen atoms in total. The van der Waals surface area contributed by atoms with E-state index in [1.54, 1.807) is 11.6 Å². The monoisotopic (exact) mass is 316 g/mol. The zero-order valence-electron chi connectivity index (χ0n) is 9.32. The fourth-order valence-electron chi connectivity index (χ4n) is 0.860. The summed E-state index contributed by atoms with van der Waals surface area (Å²) in [6, 6.07) is 0. The van der Waals surface area contributed by atoms with Crippen LogP contribution in [0.4, 0.5) is 4.79 Å². The molecule has 1 atom stereocenters. The number of hydrogen-bond donors (Lipinski definition) is 2. The molecule has 0 saturated carbocycles. The number of alkyl halides is 1. The van der Waals surface area contributed by atoms with Crippen molar-refractivity contribution in [2.75, 3.05) is 13.2 Å². The van der Waals surface area contributed by atoms with Crippen LogP contribution in [0.25, 0.3) is 0 Å². The molecule has 0 aliphatic carbocycles. The van der Waals surface area contributed by atoms with E-state index in [4.69, 9.17) is 0 Å². The van der Waals surface area contributed by atoms with Crippen LogP contribution in [0.1, 0.15) is 26.7 Å². The van der Waals surface area contributed by atoms with Crippen molar-refractivity contribution >= 4 is 32.2 Å². The molecule has 0 aromatic heterocycles. The normalized spacial score (nSPS) is 13.2. The molecule has 0 aliphatic rings. The van der Waals surface area contributed by atoms with Crippen LogP contribution in [0.3, 0.4) is 0 Å². The predicted octanol–water partition coefficient (Wildman–Crippen LogP) is 1.13. The molecule has 8 heteroatoms. The average molecular weight is 317 g/mol. The number of amides is 1. The van der Waals surface area contributed by atoms with Gasteiger partial charge in [0, 0.05) is 11.4 Å². The third-order valence-electron chi connectivity index (χ3n) is 1.69. The summed E-state index contributed by atoms with van der Waals surface area (Å²) in [7, 11) is -3.80. The van der Waals surface area contributed by atoms with E-state index in [0.717, 1.165) is 6.42 Å². The summed E-state index contributed by atoms with van der Waals surface area (Å²) < 4.78 is 30.9. The van der Waals surface area contributed by atoms with Crippen LogP contribution in [-0.2, 0) is 14.9 Å². The van der Waals surface area contributed by atoms with E-state index < -0.39 is 16.3 Å². The van der Waals surface area contributed by atoms with Gasteiger partial charge in [0.1, 0.15) is 0 Å². The van der Waals surface area contributed by atoms with E-state index >= 15 is 0 Å². The minimum Gasteiger partial charge on any atom is -0.449 e. The Morgan fingerprint density at radius 3 is 2.56 bits per heavy atom. The lowest BCUT2D eigenvalue weighted by molar-refractivity contribution is 0.158. The van der Waals surface area contributed by atoms with E-state index in [1.165, 1.54) is 0 Å². The minimum absolute atomic E-state index is 0.126. The number of nitrogens with one attached hydrogen (secondary N) is 2. The van der Waals surface area contributed by atoms with E-state index in [1.807, 2.05) is 6.92 Å². The van der Waals surface area contributed by atoms with Crippen LogP contribution >= 0.6 is 15.9 Å². The summed E-state index contributed by atoms with van der Waals surface area (Å²) >= 11 is 3.37. The summed E-state index contributed by atoms with van der Waals surface area (Å²) in [6.45, 7) is 3.97. The molecule has 0 saturated heterocycles. The second-order valence-electron chi connectivity index (χ2n) is 3.01. The van der Waals surface area contributed by atoms with Crippen LogP contribution in [-0.4, -0.2) is 32.5 Å². The van der Waals surface area contributed by atoms with Gasteiger partial charge in [-0.05, 0) is 19.8 Å². The average Bonchev–Trinajstić information content (AvgIpc) is 2.16. The Morgan fingerprint density at radius 1 is 1.44 bits per heavy atom. The highest BCUT2D eigenvalue weighted by molar-refractivity contribution is 9.09. The first-order valence-electron chi connectivity index (χ1n) is 4.99. The first-order valence-corrected chi connectivity index (χ1v) is 7.39. The lowest BCUT2D eigenvalue weighted by Crippen LogP contribution is -2.41. The van der Waals surface area contributed by atoms with Crippen LogP contribution < -0.4 is 9.44 Å². The Hall–Kier alpha value is -0.340. The van der Waals surface area contributed by atoms with Gasteiger partial charge in [-0.1, -0.05) is 22.9 Å². The first kappa shape index (κ1) is 15.7. The molecule has 16 heavy (non-hydrogen) atoms. The molecule has 0 aromatic rings. The molecule has 1 unspecified atom stereocenters. The SMILES string of the molecule is CCOC(=O)NS(=O)(=O)NCCC(Br)CC.